The van der Waals surface area contributed by atoms with E-state index in [-0.39, 0.29) is 49.2 Å². The van der Waals surface area contributed by atoms with Crippen molar-refractivity contribution in [3.8, 4) is 5.75 Å². The van der Waals surface area contributed by atoms with Gasteiger partial charge in [0.2, 0.25) is 5.78 Å². The van der Waals surface area contributed by atoms with E-state index in [4.69, 9.17) is 10.5 Å². The van der Waals surface area contributed by atoms with Gasteiger partial charge in [-0.05, 0) is 36.8 Å². The molecule has 0 saturated heterocycles. The minimum Gasteiger partial charge on any atom is -0.508 e. The first-order valence-electron chi connectivity index (χ1n) is 13.8. The molecule has 0 bridgehead atoms. The summed E-state index contributed by atoms with van der Waals surface area (Å²) >= 11 is 0. The van der Waals surface area contributed by atoms with Gasteiger partial charge in [0.15, 0.2) is 11.4 Å². The summed E-state index contributed by atoms with van der Waals surface area (Å²) < 4.78 is 5.24. The topological polar surface area (TPSA) is 200 Å². The Bertz CT molecular complexity index is 1360. The SMILES string of the molecule is CCCCCCOC(=O)CNc1cc(N(C)C)c2c(c1O)C(O)=C1C(=O)C3(O)C(O)=C(C(N)=O)C(=O)CC3CC1C2. The van der Waals surface area contributed by atoms with E-state index in [1.54, 1.807) is 25.1 Å². The fraction of sp³-hybridized carbons (Fsp3) is 0.517. The van der Waals surface area contributed by atoms with Crippen LogP contribution in [0.3, 0.4) is 0 Å². The van der Waals surface area contributed by atoms with Crippen LogP contribution in [0.1, 0.15) is 56.6 Å². The predicted molar refractivity (Wildman–Crippen MR) is 149 cm³/mol. The van der Waals surface area contributed by atoms with Gasteiger partial charge in [-0.2, -0.15) is 0 Å². The minimum atomic E-state index is -2.63. The van der Waals surface area contributed by atoms with Gasteiger partial charge in [0.25, 0.3) is 5.91 Å². The molecule has 0 aromatic heterocycles. The number of rotatable bonds is 10. The Kier molecular flexibility index (Phi) is 8.34. The first-order chi connectivity index (χ1) is 19.3. The van der Waals surface area contributed by atoms with Gasteiger partial charge in [-0.1, -0.05) is 26.2 Å². The van der Waals surface area contributed by atoms with E-state index in [0.29, 0.717) is 11.3 Å². The lowest BCUT2D eigenvalue weighted by Gasteiger charge is -2.46. The molecule has 12 heteroatoms. The summed E-state index contributed by atoms with van der Waals surface area (Å²) in [7, 11) is 3.52. The van der Waals surface area contributed by atoms with Gasteiger partial charge in [-0.3, -0.25) is 19.2 Å². The molecule has 7 N–H and O–H groups in total. The summed E-state index contributed by atoms with van der Waals surface area (Å²) in [5.41, 5.74) is 2.72. The second-order valence-corrected chi connectivity index (χ2v) is 11.1. The third kappa shape index (κ3) is 5.12. The van der Waals surface area contributed by atoms with E-state index < -0.39 is 63.7 Å². The van der Waals surface area contributed by atoms with E-state index in [1.165, 1.54) is 0 Å². The predicted octanol–water partition coefficient (Wildman–Crippen LogP) is 2.03. The fourth-order valence-corrected chi connectivity index (χ4v) is 6.14. The fourth-order valence-electron chi connectivity index (χ4n) is 6.14. The number of esters is 1. The summed E-state index contributed by atoms with van der Waals surface area (Å²) in [4.78, 5) is 52.1. The van der Waals surface area contributed by atoms with Gasteiger partial charge in [-0.25, -0.2) is 0 Å². The molecule has 0 spiro atoms. The number of Topliss-reactive ketones (excluding diaryl/α,β-unsaturated/α-hetero) is 2. The van der Waals surface area contributed by atoms with Crippen LogP contribution in [-0.4, -0.2) is 76.7 Å². The van der Waals surface area contributed by atoms with Crippen molar-refractivity contribution in [1.29, 1.82) is 0 Å². The van der Waals surface area contributed by atoms with E-state index in [9.17, 15) is 39.6 Å². The van der Waals surface area contributed by atoms with Gasteiger partial charge >= 0.3 is 5.97 Å². The average molecular weight is 572 g/mol. The molecule has 1 fully saturated rings. The average Bonchev–Trinajstić information content (AvgIpc) is 2.89. The van der Waals surface area contributed by atoms with E-state index >= 15 is 0 Å². The highest BCUT2D eigenvalue weighted by Crippen LogP contribution is 2.54. The molecule has 4 rings (SSSR count). The van der Waals surface area contributed by atoms with Crippen LogP contribution in [0.15, 0.2) is 23.0 Å². The molecular formula is C29H37N3O9. The zero-order valence-corrected chi connectivity index (χ0v) is 23.5. The first kappa shape index (κ1) is 29.9. The molecule has 222 valence electrons. The number of primary amides is 1. The number of ketones is 2. The van der Waals surface area contributed by atoms with Crippen LogP contribution in [0.4, 0.5) is 11.4 Å². The summed E-state index contributed by atoms with van der Waals surface area (Å²) in [5.74, 6) is -7.46. The Hall–Kier alpha value is -4.06. The molecule has 0 aliphatic heterocycles. The van der Waals surface area contributed by atoms with Crippen LogP contribution in [0.25, 0.3) is 5.76 Å². The molecule has 3 aliphatic rings. The number of phenolic OH excluding ortho intramolecular Hbond substituents is 1. The number of aromatic hydroxyl groups is 1. The Morgan fingerprint density at radius 2 is 1.85 bits per heavy atom. The van der Waals surface area contributed by atoms with Crippen LogP contribution in [0.2, 0.25) is 0 Å². The zero-order valence-electron chi connectivity index (χ0n) is 23.5. The monoisotopic (exact) mass is 571 g/mol. The maximum absolute atomic E-state index is 13.7. The molecule has 3 aliphatic carbocycles. The first-order valence-corrected chi connectivity index (χ1v) is 13.8. The van der Waals surface area contributed by atoms with Crippen LogP contribution in [0, 0.1) is 11.8 Å². The third-order valence-electron chi connectivity index (χ3n) is 8.21. The van der Waals surface area contributed by atoms with Crippen LogP contribution in [0.5, 0.6) is 5.75 Å². The number of nitrogens with zero attached hydrogens (tertiary/aromatic N) is 1. The minimum absolute atomic E-state index is 0.0423. The number of carbonyl (C=O) groups is 4. The highest BCUT2D eigenvalue weighted by molar-refractivity contribution is 6.22. The van der Waals surface area contributed by atoms with E-state index in [1.807, 2.05) is 0 Å². The molecule has 12 nitrogen and oxygen atoms in total. The maximum atomic E-state index is 13.7. The summed E-state index contributed by atoms with van der Waals surface area (Å²) in [6.07, 6.45) is 3.64. The highest BCUT2D eigenvalue weighted by Gasteiger charge is 2.60. The number of nitrogens with one attached hydrogen (secondary N) is 1. The van der Waals surface area contributed by atoms with Gasteiger partial charge in [0.05, 0.1) is 17.9 Å². The molecule has 0 heterocycles. The Labute approximate surface area is 237 Å². The number of fused-ring (bicyclic) bond motifs is 3. The van der Waals surface area contributed by atoms with Crippen molar-refractivity contribution >= 4 is 40.6 Å². The smallest absolute Gasteiger partial charge is 0.325 e. The lowest BCUT2D eigenvalue weighted by Crippen LogP contribution is -2.58. The quantitative estimate of drug-likeness (QED) is 0.104. The lowest BCUT2D eigenvalue weighted by molar-refractivity contribution is -0.147. The molecule has 1 aromatic rings. The Balaban J connectivity index is 1.71. The number of aliphatic hydroxyl groups excluding tert-OH is 2. The second kappa shape index (κ2) is 11.4. The molecule has 3 unspecified atom stereocenters. The number of amides is 1. The Morgan fingerprint density at radius 3 is 2.49 bits per heavy atom. The summed E-state index contributed by atoms with van der Waals surface area (Å²) in [6.45, 7) is 2.11. The zero-order chi connectivity index (χ0) is 30.2. The van der Waals surface area contributed by atoms with Crippen molar-refractivity contribution < 1.29 is 44.3 Å². The largest absolute Gasteiger partial charge is 0.508 e. The second-order valence-electron chi connectivity index (χ2n) is 11.1. The number of nitrogens with two attached hydrogens (primary N) is 1. The number of benzene rings is 1. The number of phenols is 1. The highest BCUT2D eigenvalue weighted by atomic mass is 16.5. The summed E-state index contributed by atoms with van der Waals surface area (Å²) in [6, 6.07) is 1.62. The van der Waals surface area contributed by atoms with Crippen LogP contribution >= 0.6 is 0 Å². The number of aliphatic hydroxyl groups is 3. The molecule has 0 radical (unpaired) electrons. The number of anilines is 2. The Morgan fingerprint density at radius 1 is 1.15 bits per heavy atom. The molecule has 3 atom stereocenters. The summed E-state index contributed by atoms with van der Waals surface area (Å²) in [5, 5.41) is 47.6. The standard InChI is InChI=1S/C29H37N3O9/c1-4-5-6-7-8-41-20(34)13-31-17-12-18(32(2)3)16-10-14-9-15-11-19(33)23(28(30)39)27(38)29(15,40)26(37)21(14)25(36)22(16)24(17)35/h12,14-15,31,35-36,38,40H,4-11,13H2,1-3H3,(H2,30,39). The van der Waals surface area contributed by atoms with Crippen molar-refractivity contribution in [3.63, 3.8) is 0 Å². The lowest BCUT2D eigenvalue weighted by atomic mass is 9.59. The van der Waals surface area contributed by atoms with Crippen LogP contribution in [-0.2, 0) is 30.3 Å². The van der Waals surface area contributed by atoms with E-state index in [2.05, 4.69) is 12.2 Å². The number of carbonyl (C=O) groups excluding carboxylic acids is 4. The maximum Gasteiger partial charge on any atom is 0.325 e. The molecular weight excluding hydrogens is 534 g/mol. The number of hydrogen-bond donors (Lipinski definition) is 6. The van der Waals surface area contributed by atoms with Crippen molar-refractivity contribution in [3.05, 3.63) is 34.1 Å². The molecule has 41 heavy (non-hydrogen) atoms. The third-order valence-corrected chi connectivity index (χ3v) is 8.21. The van der Waals surface area contributed by atoms with Crippen molar-refractivity contribution in [1.82, 2.24) is 0 Å². The molecule has 1 amide bonds. The number of unbranched alkanes of at least 4 members (excludes halogenated alkanes) is 3. The van der Waals surface area contributed by atoms with Gasteiger partial charge < -0.3 is 41.1 Å². The van der Waals surface area contributed by atoms with Gasteiger partial charge in [0, 0.05) is 37.7 Å². The molecule has 1 aromatic carbocycles. The van der Waals surface area contributed by atoms with Crippen molar-refractivity contribution in [2.75, 3.05) is 37.5 Å². The number of ether oxygens (including phenoxy) is 1. The van der Waals surface area contributed by atoms with Gasteiger partial charge in [0.1, 0.15) is 29.4 Å². The normalized spacial score (nSPS) is 23.5. The van der Waals surface area contributed by atoms with Crippen molar-refractivity contribution in [2.45, 2.75) is 57.5 Å². The van der Waals surface area contributed by atoms with Gasteiger partial charge in [-0.15, -0.1) is 0 Å². The van der Waals surface area contributed by atoms with E-state index in [0.717, 1.165) is 25.7 Å². The van der Waals surface area contributed by atoms with Crippen molar-refractivity contribution in [2.24, 2.45) is 17.6 Å². The van der Waals surface area contributed by atoms with Crippen LogP contribution < -0.4 is 16.0 Å². The number of hydrogen-bond acceptors (Lipinski definition) is 11. The molecule has 1 saturated carbocycles.